The minimum Gasteiger partial charge on any atom is -0.543 e. The Balaban J connectivity index is 0.00000432. The third-order valence-corrected chi connectivity index (χ3v) is 13.3. The van der Waals surface area contributed by atoms with E-state index in [0.29, 0.717) is 11.8 Å². The van der Waals surface area contributed by atoms with E-state index in [4.69, 9.17) is 4.43 Å². The van der Waals surface area contributed by atoms with Gasteiger partial charge in [0.05, 0.1) is 12.2 Å². The van der Waals surface area contributed by atoms with Crippen LogP contribution in [-0.4, -0.2) is 42.1 Å². The van der Waals surface area contributed by atoms with Crippen LogP contribution in [0.25, 0.3) is 0 Å². The van der Waals surface area contributed by atoms with Crippen LogP contribution in [0.3, 0.4) is 0 Å². The third kappa shape index (κ3) is 8.58. The Morgan fingerprint density at radius 2 is 1.81 bits per heavy atom. The molecule has 2 aliphatic rings. The average Bonchev–Trinajstić information content (AvgIpc) is 2.75. The van der Waals surface area contributed by atoms with Crippen molar-refractivity contribution in [1.29, 1.82) is 0 Å². The van der Waals surface area contributed by atoms with Gasteiger partial charge in [-0.1, -0.05) is 60.8 Å². The fourth-order valence-corrected chi connectivity index (χ4v) is 6.62. The molecule has 1 aromatic carbocycles. The van der Waals surface area contributed by atoms with Crippen molar-refractivity contribution in [1.82, 2.24) is 4.90 Å². The van der Waals surface area contributed by atoms with Crippen molar-refractivity contribution in [2.45, 2.75) is 123 Å². The topological polar surface area (TPSA) is 52.9 Å². The Morgan fingerprint density at radius 1 is 1.16 bits per heavy atom. The number of unbranched alkanes of at least 4 members (excludes halogenated alkanes) is 1. The summed E-state index contributed by atoms with van der Waals surface area (Å²) in [5.41, 5.74) is 2.95. The van der Waals surface area contributed by atoms with E-state index >= 15 is 0 Å². The molecule has 2 heterocycles. The van der Waals surface area contributed by atoms with E-state index in [1.807, 2.05) is 0 Å². The van der Waals surface area contributed by atoms with Gasteiger partial charge in [0, 0.05) is 30.6 Å². The minimum absolute atomic E-state index is 0. The standard InChI is InChI=1S/C29H51NO3Si.3H2S/c1-9-10-14-29(32)18-26-25-17-27(33-34(7,8)28(4,5)6)23(20-31)16-22(25)13-15-30(26)19-24(29)12-11-21(2)3;;;/h16-17,21,24,26,31-32H,9-15,18-20H2,1-8H3;3*1H2/t24-,26-,29-;;;/m0.../s1. The molecule has 218 valence electrons. The molecule has 2 N–H and O–H groups in total. The molecule has 4 nitrogen and oxygen atoms in total. The highest BCUT2D eigenvalue weighted by Gasteiger charge is 2.47. The molecular formula is C29H57NO3S3Si. The highest BCUT2D eigenvalue weighted by molar-refractivity contribution is 7.59. The molecule has 0 spiro atoms. The van der Waals surface area contributed by atoms with Gasteiger partial charge in [0.2, 0.25) is 8.32 Å². The van der Waals surface area contributed by atoms with Crippen molar-refractivity contribution >= 4 is 48.8 Å². The van der Waals surface area contributed by atoms with Crippen molar-refractivity contribution in [3.8, 4) is 5.75 Å². The quantitative estimate of drug-likeness (QED) is 0.299. The molecule has 0 unspecified atom stereocenters. The number of hydrogen-bond donors (Lipinski definition) is 2. The van der Waals surface area contributed by atoms with Crippen LogP contribution in [0.4, 0.5) is 0 Å². The molecule has 0 saturated carbocycles. The van der Waals surface area contributed by atoms with Gasteiger partial charge in [0.25, 0.3) is 0 Å². The summed E-state index contributed by atoms with van der Waals surface area (Å²) in [6.07, 6.45) is 7.19. The molecule has 1 fully saturated rings. The zero-order valence-corrected chi connectivity index (χ0v) is 28.7. The van der Waals surface area contributed by atoms with Crippen molar-refractivity contribution in [3.63, 3.8) is 0 Å². The average molecular weight is 592 g/mol. The van der Waals surface area contributed by atoms with Gasteiger partial charge < -0.3 is 14.6 Å². The monoisotopic (exact) mass is 591 g/mol. The van der Waals surface area contributed by atoms with Crippen LogP contribution < -0.4 is 4.43 Å². The van der Waals surface area contributed by atoms with Crippen LogP contribution in [-0.2, 0) is 13.0 Å². The zero-order valence-electron chi connectivity index (χ0n) is 24.7. The number of aliphatic hydroxyl groups is 2. The van der Waals surface area contributed by atoms with E-state index in [1.54, 1.807) is 0 Å². The van der Waals surface area contributed by atoms with Gasteiger partial charge in [-0.2, -0.15) is 40.5 Å². The second kappa shape index (κ2) is 14.7. The van der Waals surface area contributed by atoms with Crippen molar-refractivity contribution in [3.05, 3.63) is 28.8 Å². The first kappa shape index (κ1) is 37.2. The lowest BCUT2D eigenvalue weighted by atomic mass is 9.69. The van der Waals surface area contributed by atoms with Crippen LogP contribution in [0.1, 0.15) is 103 Å². The molecule has 0 amide bonds. The lowest BCUT2D eigenvalue weighted by Crippen LogP contribution is -2.55. The molecule has 0 aliphatic carbocycles. The Bertz CT molecular complexity index is 846. The first-order valence-electron chi connectivity index (χ1n) is 13.7. The maximum atomic E-state index is 12.0. The lowest BCUT2D eigenvalue weighted by molar-refractivity contribution is -0.107. The second-order valence-corrected chi connectivity index (χ2v) is 17.7. The summed E-state index contributed by atoms with van der Waals surface area (Å²) in [7, 11) is -2.03. The van der Waals surface area contributed by atoms with E-state index in [2.05, 4.69) is 71.7 Å². The smallest absolute Gasteiger partial charge is 0.250 e. The summed E-state index contributed by atoms with van der Waals surface area (Å²) in [4.78, 5) is 2.63. The number of rotatable bonds is 9. The Morgan fingerprint density at radius 3 is 2.35 bits per heavy atom. The molecular weight excluding hydrogens is 535 g/mol. The number of hydrogen-bond acceptors (Lipinski definition) is 4. The summed E-state index contributed by atoms with van der Waals surface area (Å²) in [6, 6.07) is 4.65. The van der Waals surface area contributed by atoms with E-state index < -0.39 is 13.9 Å². The second-order valence-electron chi connectivity index (χ2n) is 13.0. The highest BCUT2D eigenvalue weighted by Crippen LogP contribution is 2.48. The van der Waals surface area contributed by atoms with Gasteiger partial charge in [-0.3, -0.25) is 4.90 Å². The molecule has 1 aromatic rings. The van der Waals surface area contributed by atoms with Crippen molar-refractivity contribution in [2.24, 2.45) is 11.8 Å². The van der Waals surface area contributed by atoms with Crippen LogP contribution >= 0.6 is 40.5 Å². The molecule has 0 radical (unpaired) electrons. The minimum atomic E-state index is -2.03. The summed E-state index contributed by atoms with van der Waals surface area (Å²) >= 11 is 0. The molecule has 2 aliphatic heterocycles. The van der Waals surface area contributed by atoms with Crippen LogP contribution in [0.5, 0.6) is 5.75 Å². The van der Waals surface area contributed by atoms with E-state index in [-0.39, 0.29) is 58.2 Å². The van der Waals surface area contributed by atoms with Gasteiger partial charge in [0.15, 0.2) is 0 Å². The van der Waals surface area contributed by atoms with E-state index in [9.17, 15) is 10.2 Å². The normalized spacial score (nSPS) is 23.8. The van der Waals surface area contributed by atoms with Gasteiger partial charge in [0.1, 0.15) is 5.75 Å². The van der Waals surface area contributed by atoms with Crippen LogP contribution in [0, 0.1) is 11.8 Å². The summed E-state index contributed by atoms with van der Waals surface area (Å²) in [5, 5.41) is 22.3. The lowest BCUT2D eigenvalue weighted by Gasteiger charge is -2.52. The largest absolute Gasteiger partial charge is 0.543 e. The zero-order chi connectivity index (χ0) is 25.3. The predicted octanol–water partition coefficient (Wildman–Crippen LogP) is 7.18. The number of piperidine rings is 1. The van der Waals surface area contributed by atoms with E-state index in [1.165, 1.54) is 17.5 Å². The molecule has 37 heavy (non-hydrogen) atoms. The Hall–Kier alpha value is 0.167. The van der Waals surface area contributed by atoms with Crippen LogP contribution in [0.15, 0.2) is 12.1 Å². The van der Waals surface area contributed by atoms with Crippen molar-refractivity contribution in [2.75, 3.05) is 13.1 Å². The molecule has 0 aromatic heterocycles. The molecule has 1 saturated heterocycles. The van der Waals surface area contributed by atoms with Gasteiger partial charge in [-0.15, -0.1) is 0 Å². The highest BCUT2D eigenvalue weighted by atomic mass is 32.1. The van der Waals surface area contributed by atoms with Gasteiger partial charge >= 0.3 is 0 Å². The molecule has 3 rings (SSSR count). The van der Waals surface area contributed by atoms with E-state index in [0.717, 1.165) is 62.9 Å². The van der Waals surface area contributed by atoms with Gasteiger partial charge in [-0.05, 0) is 73.0 Å². The number of benzene rings is 1. The van der Waals surface area contributed by atoms with Gasteiger partial charge in [-0.25, -0.2) is 0 Å². The molecule has 3 atom stereocenters. The maximum absolute atomic E-state index is 12.0. The first-order chi connectivity index (χ1) is 15.8. The fourth-order valence-electron chi connectivity index (χ4n) is 5.58. The number of fused-ring (bicyclic) bond motifs is 3. The third-order valence-electron chi connectivity index (χ3n) is 8.95. The Kier molecular flexibility index (Phi) is 14.8. The Labute approximate surface area is 249 Å². The molecule has 8 heteroatoms. The summed E-state index contributed by atoms with van der Waals surface area (Å²) in [6.45, 7) is 20.1. The predicted molar refractivity (Wildman–Crippen MR) is 176 cm³/mol. The number of nitrogens with zero attached hydrogens (tertiary/aromatic N) is 1. The maximum Gasteiger partial charge on any atom is 0.250 e. The molecule has 0 bridgehead atoms. The number of aliphatic hydroxyl groups excluding tert-OH is 1. The first-order valence-corrected chi connectivity index (χ1v) is 16.6. The van der Waals surface area contributed by atoms with Crippen LogP contribution in [0.2, 0.25) is 18.1 Å². The van der Waals surface area contributed by atoms with Crippen molar-refractivity contribution < 1.29 is 14.6 Å². The SMILES string of the molecule is CCCC[C@]1(O)C[C@H]2c3cc(O[Si](C)(C)C(C)(C)C)c(CO)cc3CCN2C[C@@H]1CCC(C)C.S.S.S. The fraction of sp³-hybridized carbons (Fsp3) is 0.793. The summed E-state index contributed by atoms with van der Waals surface area (Å²) < 4.78 is 6.73. The summed E-state index contributed by atoms with van der Waals surface area (Å²) in [5.74, 6) is 1.87.